The monoisotopic (exact) mass is 125 g/mol. The van der Waals surface area contributed by atoms with Crippen LogP contribution < -0.4 is 5.32 Å². The summed E-state index contributed by atoms with van der Waals surface area (Å²) in [7, 11) is 0. The predicted molar refractivity (Wildman–Crippen MR) is 38.3 cm³/mol. The van der Waals surface area contributed by atoms with E-state index in [4.69, 9.17) is 0 Å². The minimum Gasteiger partial charge on any atom is -0.311 e. The summed E-state index contributed by atoms with van der Waals surface area (Å²) in [5.41, 5.74) is 0. The molecule has 52 valence electrons. The van der Waals surface area contributed by atoms with E-state index in [1.165, 1.54) is 25.7 Å². The highest BCUT2D eigenvalue weighted by Gasteiger charge is 2.34. The van der Waals surface area contributed by atoms with Gasteiger partial charge in [-0.3, -0.25) is 0 Å². The van der Waals surface area contributed by atoms with Gasteiger partial charge in [-0.05, 0) is 32.1 Å². The lowest BCUT2D eigenvalue weighted by molar-refractivity contribution is 0.138. The Bertz CT molecular complexity index is 101. The van der Waals surface area contributed by atoms with Crippen molar-refractivity contribution in [1.29, 1.82) is 0 Å². The third-order valence-corrected chi connectivity index (χ3v) is 2.82. The van der Waals surface area contributed by atoms with Crippen molar-refractivity contribution in [2.75, 3.05) is 0 Å². The fraction of sp³-hybridized carbons (Fsp3) is 1.00. The second-order valence-corrected chi connectivity index (χ2v) is 3.60. The summed E-state index contributed by atoms with van der Waals surface area (Å²) in [6.45, 7) is 2.27. The maximum Gasteiger partial charge on any atom is 0.0112 e. The quantitative estimate of drug-likeness (QED) is 0.560. The van der Waals surface area contributed by atoms with E-state index in [1.54, 1.807) is 0 Å². The molecule has 1 aliphatic carbocycles. The van der Waals surface area contributed by atoms with Gasteiger partial charge in [0.15, 0.2) is 0 Å². The van der Waals surface area contributed by atoms with Gasteiger partial charge >= 0.3 is 0 Å². The van der Waals surface area contributed by atoms with Crippen LogP contribution in [0.25, 0.3) is 0 Å². The summed E-state index contributed by atoms with van der Waals surface area (Å²) >= 11 is 0. The van der Waals surface area contributed by atoms with Crippen LogP contribution in [0.3, 0.4) is 0 Å². The molecular formula is C8H15N. The lowest BCUT2D eigenvalue weighted by atomic mass is 9.74. The Morgan fingerprint density at radius 3 is 2.33 bits per heavy atom. The Morgan fingerprint density at radius 1 is 1.33 bits per heavy atom. The van der Waals surface area contributed by atoms with Gasteiger partial charge < -0.3 is 5.32 Å². The molecule has 2 rings (SSSR count). The Kier molecular flexibility index (Phi) is 1.26. The molecule has 0 aromatic carbocycles. The topological polar surface area (TPSA) is 12.0 Å². The van der Waals surface area contributed by atoms with Crippen LogP contribution in [0.4, 0.5) is 0 Å². The molecule has 1 saturated heterocycles. The van der Waals surface area contributed by atoms with Crippen LogP contribution in [-0.2, 0) is 0 Å². The van der Waals surface area contributed by atoms with Gasteiger partial charge in [0.05, 0.1) is 0 Å². The van der Waals surface area contributed by atoms with Crippen LogP contribution in [-0.4, -0.2) is 12.1 Å². The van der Waals surface area contributed by atoms with Gasteiger partial charge in [-0.25, -0.2) is 0 Å². The summed E-state index contributed by atoms with van der Waals surface area (Å²) in [6, 6.07) is 1.73. The minimum atomic E-state index is 0.815. The zero-order chi connectivity index (χ0) is 6.27. The molecule has 1 heterocycles. The number of hydrogen-bond acceptors (Lipinski definition) is 1. The predicted octanol–water partition coefficient (Wildman–Crippen LogP) is 1.54. The van der Waals surface area contributed by atoms with Crippen LogP contribution in [0.2, 0.25) is 0 Å². The molecule has 0 bridgehead atoms. The Hall–Kier alpha value is -0.0400. The van der Waals surface area contributed by atoms with Crippen LogP contribution in [0.1, 0.15) is 32.6 Å². The molecule has 1 saturated carbocycles. The molecule has 1 N–H and O–H groups in total. The third kappa shape index (κ3) is 0.877. The average Bonchev–Trinajstić information content (AvgIpc) is 1.57. The van der Waals surface area contributed by atoms with E-state index < -0.39 is 0 Å². The normalized spacial score (nSPS) is 43.7. The molecule has 0 aromatic heterocycles. The van der Waals surface area contributed by atoms with Crippen LogP contribution in [0.5, 0.6) is 0 Å². The highest BCUT2D eigenvalue weighted by Crippen LogP contribution is 2.34. The Labute approximate surface area is 56.8 Å². The highest BCUT2D eigenvalue weighted by atomic mass is 15.0. The smallest absolute Gasteiger partial charge is 0.0112 e. The number of rotatable bonds is 1. The molecule has 9 heavy (non-hydrogen) atoms. The van der Waals surface area contributed by atoms with Crippen molar-refractivity contribution >= 4 is 0 Å². The first-order valence-electron chi connectivity index (χ1n) is 4.12. The van der Waals surface area contributed by atoms with Gasteiger partial charge in [0.1, 0.15) is 0 Å². The van der Waals surface area contributed by atoms with Crippen molar-refractivity contribution in [2.24, 2.45) is 5.92 Å². The van der Waals surface area contributed by atoms with Crippen molar-refractivity contribution < 1.29 is 0 Å². The number of hydrogen-bond donors (Lipinski definition) is 1. The summed E-state index contributed by atoms with van der Waals surface area (Å²) in [6.07, 6.45) is 5.90. The lowest BCUT2D eigenvalue weighted by Gasteiger charge is -2.44. The fourth-order valence-corrected chi connectivity index (χ4v) is 1.89. The molecule has 0 spiro atoms. The van der Waals surface area contributed by atoms with Crippen molar-refractivity contribution in [3.8, 4) is 0 Å². The minimum absolute atomic E-state index is 0.815. The summed E-state index contributed by atoms with van der Waals surface area (Å²) in [5, 5.41) is 3.54. The number of nitrogens with one attached hydrogen (secondary N) is 1. The van der Waals surface area contributed by atoms with Gasteiger partial charge in [-0.2, -0.15) is 0 Å². The largest absolute Gasteiger partial charge is 0.311 e. The van der Waals surface area contributed by atoms with Gasteiger partial charge in [0.2, 0.25) is 0 Å². The Balaban J connectivity index is 1.75. The highest BCUT2D eigenvalue weighted by molar-refractivity contribution is 4.93. The van der Waals surface area contributed by atoms with E-state index in [0.29, 0.717) is 0 Å². The zero-order valence-corrected chi connectivity index (χ0v) is 6.06. The van der Waals surface area contributed by atoms with E-state index in [1.807, 2.05) is 0 Å². The second kappa shape index (κ2) is 1.98. The van der Waals surface area contributed by atoms with Gasteiger partial charge in [-0.15, -0.1) is 0 Å². The molecule has 0 aromatic rings. The van der Waals surface area contributed by atoms with Crippen molar-refractivity contribution in [1.82, 2.24) is 5.32 Å². The van der Waals surface area contributed by atoms with Crippen molar-refractivity contribution in [3.05, 3.63) is 0 Å². The first-order chi connectivity index (χ1) is 4.36. The molecule has 2 fully saturated rings. The summed E-state index contributed by atoms with van der Waals surface area (Å²) < 4.78 is 0. The molecule has 1 aliphatic heterocycles. The molecule has 1 heteroatoms. The SMILES string of the molecule is CC1CC(C2CCC2)N1. The van der Waals surface area contributed by atoms with E-state index in [-0.39, 0.29) is 0 Å². The molecule has 1 nitrogen and oxygen atoms in total. The lowest BCUT2D eigenvalue weighted by Crippen LogP contribution is -2.55. The van der Waals surface area contributed by atoms with E-state index in [0.717, 1.165) is 18.0 Å². The molecule has 2 atom stereocenters. The first kappa shape index (κ1) is 5.72. The van der Waals surface area contributed by atoms with E-state index in [9.17, 15) is 0 Å². The maximum atomic E-state index is 3.54. The van der Waals surface area contributed by atoms with E-state index >= 15 is 0 Å². The van der Waals surface area contributed by atoms with Crippen LogP contribution in [0.15, 0.2) is 0 Å². The average molecular weight is 125 g/mol. The Morgan fingerprint density at radius 2 is 2.00 bits per heavy atom. The second-order valence-electron chi connectivity index (χ2n) is 3.60. The molecule has 2 aliphatic rings. The zero-order valence-electron chi connectivity index (χ0n) is 6.06. The van der Waals surface area contributed by atoms with Crippen LogP contribution in [0, 0.1) is 5.92 Å². The maximum absolute atomic E-state index is 3.54. The molecule has 2 unspecified atom stereocenters. The van der Waals surface area contributed by atoms with Crippen molar-refractivity contribution in [3.63, 3.8) is 0 Å². The molecule has 0 amide bonds. The first-order valence-corrected chi connectivity index (χ1v) is 4.12. The fourth-order valence-electron chi connectivity index (χ4n) is 1.89. The van der Waals surface area contributed by atoms with Gasteiger partial charge in [0, 0.05) is 12.1 Å². The molecular weight excluding hydrogens is 110 g/mol. The summed E-state index contributed by atoms with van der Waals surface area (Å²) in [4.78, 5) is 0. The standard InChI is InChI=1S/C8H15N/c1-6-5-8(9-6)7-3-2-4-7/h6-9H,2-5H2,1H3. The van der Waals surface area contributed by atoms with Crippen molar-refractivity contribution in [2.45, 2.75) is 44.7 Å². The molecule has 0 radical (unpaired) electrons. The van der Waals surface area contributed by atoms with Gasteiger partial charge in [-0.1, -0.05) is 6.42 Å². The summed E-state index contributed by atoms with van der Waals surface area (Å²) in [5.74, 6) is 1.06. The third-order valence-electron chi connectivity index (χ3n) is 2.82. The van der Waals surface area contributed by atoms with E-state index in [2.05, 4.69) is 12.2 Å². The van der Waals surface area contributed by atoms with Crippen LogP contribution >= 0.6 is 0 Å². The van der Waals surface area contributed by atoms with Gasteiger partial charge in [0.25, 0.3) is 0 Å².